The zero-order valence-electron chi connectivity index (χ0n) is 13.8. The predicted molar refractivity (Wildman–Crippen MR) is 96.5 cm³/mol. The third-order valence-corrected chi connectivity index (χ3v) is 3.44. The quantitative estimate of drug-likeness (QED) is 0.602. The maximum absolute atomic E-state index is 5.62. The lowest BCUT2D eigenvalue weighted by molar-refractivity contribution is 0.0770. The van der Waals surface area contributed by atoms with Crippen LogP contribution in [0.25, 0.3) is 0 Å². The number of hydrogen-bond acceptors (Lipinski definition) is 4. The molecule has 0 saturated heterocycles. The van der Waals surface area contributed by atoms with E-state index in [1.54, 1.807) is 7.11 Å². The van der Waals surface area contributed by atoms with Crippen LogP contribution in [-0.4, -0.2) is 33.0 Å². The van der Waals surface area contributed by atoms with Gasteiger partial charge in [-0.25, -0.2) is 0 Å². The van der Waals surface area contributed by atoms with Gasteiger partial charge >= 0.3 is 0 Å². The third-order valence-electron chi connectivity index (χ3n) is 2.85. The van der Waals surface area contributed by atoms with Gasteiger partial charge in [0.2, 0.25) is 0 Å². The van der Waals surface area contributed by atoms with Crippen LogP contribution in [0.2, 0.25) is 0 Å². The Morgan fingerprint density at radius 2 is 2.00 bits per heavy atom. The zero-order chi connectivity index (χ0) is 15.7. The summed E-state index contributed by atoms with van der Waals surface area (Å²) in [5.41, 5.74) is 1.16. The van der Waals surface area contributed by atoms with Gasteiger partial charge in [0, 0.05) is 13.2 Å². The minimum absolute atomic E-state index is 0. The van der Waals surface area contributed by atoms with Gasteiger partial charge in [-0.1, -0.05) is 0 Å². The van der Waals surface area contributed by atoms with Crippen molar-refractivity contribution in [2.24, 2.45) is 0 Å². The van der Waals surface area contributed by atoms with Gasteiger partial charge in [0.25, 0.3) is 0 Å². The summed E-state index contributed by atoms with van der Waals surface area (Å²) in [4.78, 5) is 0. The largest absolute Gasteiger partial charge is 0.492 e. The average Bonchev–Trinajstić information content (AvgIpc) is 2.42. The Labute approximate surface area is 148 Å². The Kier molecular flexibility index (Phi) is 11.7. The van der Waals surface area contributed by atoms with Crippen molar-refractivity contribution in [3.8, 4) is 11.5 Å². The monoisotopic (exact) mass is 395 g/mol. The summed E-state index contributed by atoms with van der Waals surface area (Å²) in [7, 11) is 1.65. The molecule has 0 unspecified atom stereocenters. The Morgan fingerprint density at radius 3 is 2.59 bits per heavy atom. The molecule has 1 rings (SSSR count). The number of ether oxygens (including phenoxy) is 3. The molecule has 0 bridgehead atoms. The van der Waals surface area contributed by atoms with Gasteiger partial charge in [-0.3, -0.25) is 0 Å². The Hall–Kier alpha value is -0.490. The molecule has 0 radical (unpaired) electrons. The first kappa shape index (κ1) is 21.5. The van der Waals surface area contributed by atoms with E-state index in [1.165, 1.54) is 0 Å². The Morgan fingerprint density at radius 1 is 1.27 bits per heavy atom. The highest BCUT2D eigenvalue weighted by Gasteiger charge is 2.10. The van der Waals surface area contributed by atoms with E-state index in [0.717, 1.165) is 47.7 Å². The van der Waals surface area contributed by atoms with Crippen LogP contribution in [0.4, 0.5) is 0 Å². The smallest absolute Gasteiger partial charge is 0.174 e. The van der Waals surface area contributed by atoms with E-state index < -0.39 is 0 Å². The number of halogens is 2. The number of nitrogens with one attached hydrogen (secondary N) is 1. The maximum atomic E-state index is 5.62. The summed E-state index contributed by atoms with van der Waals surface area (Å²) in [5.74, 6) is 1.51. The summed E-state index contributed by atoms with van der Waals surface area (Å²) < 4.78 is 17.4. The molecular weight excluding hydrogens is 370 g/mol. The van der Waals surface area contributed by atoms with E-state index in [9.17, 15) is 0 Å². The summed E-state index contributed by atoms with van der Waals surface area (Å²) in [6, 6.07) is 4.07. The van der Waals surface area contributed by atoms with Gasteiger partial charge < -0.3 is 19.5 Å². The molecule has 22 heavy (non-hydrogen) atoms. The first-order valence-corrected chi connectivity index (χ1v) is 8.19. The molecule has 0 fully saturated rings. The second-order valence-corrected chi connectivity index (χ2v) is 5.85. The van der Waals surface area contributed by atoms with Gasteiger partial charge in [-0.15, -0.1) is 12.4 Å². The predicted octanol–water partition coefficient (Wildman–Crippen LogP) is 4.18. The normalized spacial score (nSPS) is 10.5. The first-order valence-electron chi connectivity index (χ1n) is 7.40. The second-order valence-electron chi connectivity index (χ2n) is 4.99. The average molecular weight is 397 g/mol. The number of methoxy groups -OCH3 is 1. The maximum Gasteiger partial charge on any atom is 0.174 e. The molecule has 0 aliphatic heterocycles. The second kappa shape index (κ2) is 12.0. The third kappa shape index (κ3) is 7.68. The molecule has 0 heterocycles. The standard InChI is InChI=1S/C16H26BrNO3.ClH/c1-5-20-15-10-13(9-14(17)16(15)19-4)11-18-7-6-8-21-12(2)3;/h9-10,12,18H,5-8,11H2,1-4H3;1H. The van der Waals surface area contributed by atoms with Gasteiger partial charge in [-0.2, -0.15) is 0 Å². The molecule has 0 aliphatic rings. The van der Waals surface area contributed by atoms with E-state index in [4.69, 9.17) is 14.2 Å². The first-order chi connectivity index (χ1) is 10.1. The number of hydrogen-bond donors (Lipinski definition) is 1. The van der Waals surface area contributed by atoms with Crippen LogP contribution in [0.1, 0.15) is 32.8 Å². The van der Waals surface area contributed by atoms with Gasteiger partial charge in [0.05, 0.1) is 24.3 Å². The lowest BCUT2D eigenvalue weighted by atomic mass is 10.2. The summed E-state index contributed by atoms with van der Waals surface area (Å²) in [6.07, 6.45) is 1.31. The Bertz CT molecular complexity index is 430. The topological polar surface area (TPSA) is 39.7 Å². The molecule has 128 valence electrons. The highest BCUT2D eigenvalue weighted by atomic mass is 79.9. The lowest BCUT2D eigenvalue weighted by Gasteiger charge is -2.14. The van der Waals surface area contributed by atoms with Gasteiger partial charge in [-0.05, 0) is 67.4 Å². The molecule has 4 nitrogen and oxygen atoms in total. The van der Waals surface area contributed by atoms with E-state index in [2.05, 4.69) is 41.2 Å². The van der Waals surface area contributed by atoms with Crippen LogP contribution in [0.5, 0.6) is 11.5 Å². The molecule has 1 N–H and O–H groups in total. The summed E-state index contributed by atoms with van der Waals surface area (Å²) in [6.45, 7) is 9.21. The fourth-order valence-corrected chi connectivity index (χ4v) is 2.58. The van der Waals surface area contributed by atoms with Gasteiger partial charge in [0.15, 0.2) is 11.5 Å². The van der Waals surface area contributed by atoms with Crippen LogP contribution in [0, 0.1) is 0 Å². The molecule has 0 saturated carbocycles. The number of rotatable bonds is 10. The summed E-state index contributed by atoms with van der Waals surface area (Å²) in [5, 5.41) is 3.41. The van der Waals surface area contributed by atoms with Crippen LogP contribution in [0.15, 0.2) is 16.6 Å². The molecule has 1 aromatic carbocycles. The van der Waals surface area contributed by atoms with E-state index in [-0.39, 0.29) is 12.4 Å². The SMILES string of the molecule is CCOc1cc(CNCCCOC(C)C)cc(Br)c1OC.Cl. The fourth-order valence-electron chi connectivity index (χ4n) is 1.93. The Balaban J connectivity index is 0.00000441. The molecular formula is C16H27BrClNO3. The molecule has 0 spiro atoms. The minimum atomic E-state index is 0. The molecule has 0 aliphatic carbocycles. The molecule has 0 amide bonds. The minimum Gasteiger partial charge on any atom is -0.492 e. The van der Waals surface area contributed by atoms with Crippen LogP contribution in [-0.2, 0) is 11.3 Å². The molecule has 0 atom stereocenters. The van der Waals surface area contributed by atoms with Crippen LogP contribution < -0.4 is 14.8 Å². The van der Waals surface area contributed by atoms with E-state index in [1.807, 2.05) is 13.0 Å². The van der Waals surface area contributed by atoms with Crippen molar-refractivity contribution in [2.75, 3.05) is 26.9 Å². The molecule has 1 aromatic rings. The zero-order valence-corrected chi connectivity index (χ0v) is 16.2. The fraction of sp³-hybridized carbons (Fsp3) is 0.625. The van der Waals surface area contributed by atoms with Crippen molar-refractivity contribution in [1.82, 2.24) is 5.32 Å². The molecule has 6 heteroatoms. The van der Waals surface area contributed by atoms with Crippen molar-refractivity contribution in [1.29, 1.82) is 0 Å². The summed E-state index contributed by atoms with van der Waals surface area (Å²) >= 11 is 3.53. The highest BCUT2D eigenvalue weighted by Crippen LogP contribution is 2.36. The van der Waals surface area contributed by atoms with Gasteiger partial charge in [0.1, 0.15) is 0 Å². The van der Waals surface area contributed by atoms with Crippen molar-refractivity contribution < 1.29 is 14.2 Å². The highest BCUT2D eigenvalue weighted by molar-refractivity contribution is 9.10. The molecule has 0 aromatic heterocycles. The van der Waals surface area contributed by atoms with Crippen molar-refractivity contribution in [3.63, 3.8) is 0 Å². The van der Waals surface area contributed by atoms with Crippen molar-refractivity contribution >= 4 is 28.3 Å². The van der Waals surface area contributed by atoms with Crippen LogP contribution in [0.3, 0.4) is 0 Å². The van der Waals surface area contributed by atoms with Crippen molar-refractivity contribution in [2.45, 2.75) is 39.8 Å². The van der Waals surface area contributed by atoms with Crippen LogP contribution >= 0.6 is 28.3 Å². The lowest BCUT2D eigenvalue weighted by Crippen LogP contribution is -2.17. The van der Waals surface area contributed by atoms with Crippen molar-refractivity contribution in [3.05, 3.63) is 22.2 Å². The van der Waals surface area contributed by atoms with E-state index >= 15 is 0 Å². The van der Waals surface area contributed by atoms with E-state index in [0.29, 0.717) is 12.7 Å². The number of benzene rings is 1.